The van der Waals surface area contributed by atoms with Gasteiger partial charge in [-0.25, -0.2) is 8.42 Å². The Morgan fingerprint density at radius 2 is 1.72 bits per heavy atom. The first-order valence-corrected chi connectivity index (χ1v) is 9.66. The van der Waals surface area contributed by atoms with Crippen molar-refractivity contribution in [1.82, 2.24) is 0 Å². The predicted molar refractivity (Wildman–Crippen MR) is 97.8 cm³/mol. The number of carbonyl (C=O) groups excluding carboxylic acids is 1. The van der Waals surface area contributed by atoms with Crippen LogP contribution in [0, 0.1) is 12.3 Å². The van der Waals surface area contributed by atoms with Crippen LogP contribution in [0.5, 0.6) is 0 Å². The zero-order valence-electron chi connectivity index (χ0n) is 13.7. The van der Waals surface area contributed by atoms with Gasteiger partial charge in [-0.3, -0.25) is 4.79 Å². The predicted octanol–water partition coefficient (Wildman–Crippen LogP) is 3.39. The number of rotatable bonds is 4. The maximum atomic E-state index is 13.2. The first-order chi connectivity index (χ1) is 12.0. The van der Waals surface area contributed by atoms with Crippen molar-refractivity contribution >= 4 is 21.4 Å². The molecule has 2 aromatic carbocycles. The highest BCUT2D eigenvalue weighted by atomic mass is 32.2. The van der Waals surface area contributed by atoms with E-state index in [1.807, 2.05) is 0 Å². The van der Waals surface area contributed by atoms with Crippen LogP contribution in [0.1, 0.15) is 31.2 Å². The second kappa shape index (κ2) is 6.73. The minimum atomic E-state index is -3.79. The molecule has 4 nitrogen and oxygen atoms in total. The van der Waals surface area contributed by atoms with Gasteiger partial charge in [-0.15, -0.1) is 6.42 Å². The van der Waals surface area contributed by atoms with E-state index in [0.29, 0.717) is 36.9 Å². The summed E-state index contributed by atoms with van der Waals surface area (Å²) in [5, 5.41) is 2.76. The van der Waals surface area contributed by atoms with Crippen LogP contribution in [0.4, 0.5) is 5.69 Å². The number of hydrogen-bond donors (Lipinski definition) is 1. The summed E-state index contributed by atoms with van der Waals surface area (Å²) in [4.78, 5) is 13.2. The van der Waals surface area contributed by atoms with Crippen LogP contribution in [0.15, 0.2) is 59.5 Å². The normalized spacial score (nSPS) is 16.1. The van der Waals surface area contributed by atoms with E-state index in [9.17, 15) is 13.2 Å². The molecule has 1 aliphatic carbocycles. The van der Waals surface area contributed by atoms with Crippen molar-refractivity contribution < 1.29 is 13.2 Å². The minimum absolute atomic E-state index is 0.185. The molecular weight excluding hydrogens is 334 g/mol. The number of carbonyl (C=O) groups is 1. The molecule has 0 bridgehead atoms. The lowest BCUT2D eigenvalue weighted by molar-refractivity contribution is -0.118. The Kier molecular flexibility index (Phi) is 4.65. The molecule has 0 atom stereocenters. The maximum Gasteiger partial charge on any atom is 0.246 e. The monoisotopic (exact) mass is 353 g/mol. The van der Waals surface area contributed by atoms with Gasteiger partial charge in [-0.2, -0.15) is 0 Å². The van der Waals surface area contributed by atoms with Crippen molar-refractivity contribution in [3.63, 3.8) is 0 Å². The summed E-state index contributed by atoms with van der Waals surface area (Å²) in [7, 11) is -3.79. The molecule has 0 unspecified atom stereocenters. The summed E-state index contributed by atoms with van der Waals surface area (Å²) >= 11 is 0. The second-order valence-corrected chi connectivity index (χ2v) is 8.46. The fraction of sp³-hybridized carbons (Fsp3) is 0.250. The number of benzene rings is 2. The van der Waals surface area contributed by atoms with E-state index in [4.69, 9.17) is 6.42 Å². The Balaban J connectivity index is 1.98. The molecule has 2 aromatic rings. The fourth-order valence-electron chi connectivity index (χ4n) is 3.32. The SMILES string of the molecule is C#Cc1cccc(NC(=O)C2(S(=O)(=O)c3ccccc3)CCCC2)c1. The maximum absolute atomic E-state index is 13.2. The molecule has 3 rings (SSSR count). The zero-order valence-corrected chi connectivity index (χ0v) is 14.6. The third kappa shape index (κ3) is 3.06. The van der Waals surface area contributed by atoms with E-state index >= 15 is 0 Å². The summed E-state index contributed by atoms with van der Waals surface area (Å²) in [6.07, 6.45) is 7.46. The Hall–Kier alpha value is -2.58. The van der Waals surface area contributed by atoms with Crippen molar-refractivity contribution in [2.24, 2.45) is 0 Å². The third-order valence-corrected chi connectivity index (χ3v) is 7.20. The zero-order chi connectivity index (χ0) is 17.9. The third-order valence-electron chi connectivity index (χ3n) is 4.68. The van der Waals surface area contributed by atoms with Gasteiger partial charge in [0.05, 0.1) is 4.90 Å². The van der Waals surface area contributed by atoms with Crippen molar-refractivity contribution in [3.8, 4) is 12.3 Å². The Morgan fingerprint density at radius 1 is 1.04 bits per heavy atom. The molecule has 0 spiro atoms. The van der Waals surface area contributed by atoms with Crippen molar-refractivity contribution in [3.05, 3.63) is 60.2 Å². The van der Waals surface area contributed by atoms with Crippen LogP contribution in [0.2, 0.25) is 0 Å². The molecule has 0 saturated heterocycles. The summed E-state index contributed by atoms with van der Waals surface area (Å²) in [6, 6.07) is 15.0. The minimum Gasteiger partial charge on any atom is -0.325 e. The molecule has 5 heteroatoms. The van der Waals surface area contributed by atoms with Crippen LogP contribution in [0.3, 0.4) is 0 Å². The smallest absolute Gasteiger partial charge is 0.246 e. The van der Waals surface area contributed by atoms with Crippen LogP contribution < -0.4 is 5.32 Å². The van der Waals surface area contributed by atoms with E-state index < -0.39 is 20.5 Å². The van der Waals surface area contributed by atoms with Gasteiger partial charge in [-0.1, -0.05) is 43.0 Å². The van der Waals surface area contributed by atoms with Crippen LogP contribution >= 0.6 is 0 Å². The van der Waals surface area contributed by atoms with Gasteiger partial charge in [0.15, 0.2) is 14.6 Å². The van der Waals surface area contributed by atoms with Gasteiger partial charge >= 0.3 is 0 Å². The average molecular weight is 353 g/mol. The number of amides is 1. The van der Waals surface area contributed by atoms with Gasteiger partial charge in [0, 0.05) is 11.3 Å². The molecule has 1 fully saturated rings. The summed E-state index contributed by atoms with van der Waals surface area (Å²) < 4.78 is 25.0. The van der Waals surface area contributed by atoms with Crippen LogP contribution in [0.25, 0.3) is 0 Å². The van der Waals surface area contributed by atoms with E-state index in [0.717, 1.165) is 0 Å². The van der Waals surface area contributed by atoms with E-state index in [2.05, 4.69) is 11.2 Å². The lowest BCUT2D eigenvalue weighted by Gasteiger charge is -2.27. The van der Waals surface area contributed by atoms with Crippen molar-refractivity contribution in [2.45, 2.75) is 35.3 Å². The number of terminal acetylenes is 1. The van der Waals surface area contributed by atoms with Gasteiger partial charge < -0.3 is 5.32 Å². The first-order valence-electron chi connectivity index (χ1n) is 8.17. The summed E-state index contributed by atoms with van der Waals surface area (Å²) in [5.41, 5.74) is 1.14. The highest BCUT2D eigenvalue weighted by Gasteiger charge is 2.52. The van der Waals surface area contributed by atoms with Crippen LogP contribution in [-0.4, -0.2) is 19.1 Å². The summed E-state index contributed by atoms with van der Waals surface area (Å²) in [5.74, 6) is 2.02. The topological polar surface area (TPSA) is 63.2 Å². The molecule has 0 aromatic heterocycles. The number of sulfone groups is 1. The van der Waals surface area contributed by atoms with E-state index in [-0.39, 0.29) is 4.90 Å². The Bertz CT molecular complexity index is 921. The first kappa shape index (κ1) is 17.2. The number of nitrogens with one attached hydrogen (secondary N) is 1. The number of anilines is 1. The van der Waals surface area contributed by atoms with Crippen molar-refractivity contribution in [2.75, 3.05) is 5.32 Å². The molecule has 0 radical (unpaired) electrons. The van der Waals surface area contributed by atoms with Crippen molar-refractivity contribution in [1.29, 1.82) is 0 Å². The molecule has 1 N–H and O–H groups in total. The van der Waals surface area contributed by atoms with E-state index in [1.165, 1.54) is 0 Å². The molecule has 1 saturated carbocycles. The molecule has 0 aliphatic heterocycles. The van der Waals surface area contributed by atoms with Gasteiger partial charge in [-0.05, 0) is 43.2 Å². The lowest BCUT2D eigenvalue weighted by atomic mass is 10.1. The largest absolute Gasteiger partial charge is 0.325 e. The second-order valence-electron chi connectivity index (χ2n) is 6.20. The molecule has 1 amide bonds. The van der Waals surface area contributed by atoms with Crippen LogP contribution in [-0.2, 0) is 14.6 Å². The molecular formula is C20H19NO3S. The highest BCUT2D eigenvalue weighted by molar-refractivity contribution is 7.93. The quantitative estimate of drug-likeness (QED) is 0.857. The Morgan fingerprint density at radius 3 is 2.36 bits per heavy atom. The van der Waals surface area contributed by atoms with Gasteiger partial charge in [0.25, 0.3) is 0 Å². The Labute approximate surface area is 148 Å². The molecule has 0 heterocycles. The molecule has 1 aliphatic rings. The lowest BCUT2D eigenvalue weighted by Crippen LogP contribution is -2.47. The standard InChI is InChI=1S/C20H19NO3S/c1-2-16-9-8-10-17(15-16)21-19(22)20(13-6-7-14-20)25(23,24)18-11-4-3-5-12-18/h1,3-5,8-12,15H,6-7,13-14H2,(H,21,22). The number of hydrogen-bond acceptors (Lipinski definition) is 3. The molecule has 128 valence electrons. The van der Waals surface area contributed by atoms with Gasteiger partial charge in [0.2, 0.25) is 5.91 Å². The molecule has 25 heavy (non-hydrogen) atoms. The fourth-order valence-corrected chi connectivity index (χ4v) is 5.41. The average Bonchev–Trinajstić information content (AvgIpc) is 3.14. The van der Waals surface area contributed by atoms with Gasteiger partial charge in [0.1, 0.15) is 0 Å². The highest BCUT2D eigenvalue weighted by Crippen LogP contribution is 2.41. The van der Waals surface area contributed by atoms with E-state index in [1.54, 1.807) is 54.6 Å². The summed E-state index contributed by atoms with van der Waals surface area (Å²) in [6.45, 7) is 0.